The molecule has 5 heteroatoms. The van der Waals surface area contributed by atoms with E-state index in [1.165, 1.54) is 4.57 Å². The van der Waals surface area contributed by atoms with Crippen molar-refractivity contribution in [2.45, 2.75) is 13.1 Å². The van der Waals surface area contributed by atoms with Gasteiger partial charge in [0, 0.05) is 12.3 Å². The normalized spacial score (nSPS) is 11.0. The Morgan fingerprint density at radius 3 is 2.27 bits per heavy atom. The van der Waals surface area contributed by atoms with Crippen LogP contribution in [0, 0.1) is 0 Å². The molecule has 0 amide bonds. The Hall–Kier alpha value is -2.27. The second-order valence-electron chi connectivity index (χ2n) is 5.05. The molecular formula is C17H16N2O2S. The number of para-hydroxylation sites is 1. The molecule has 2 aromatic carbocycles. The van der Waals surface area contributed by atoms with Crippen LogP contribution >= 0.6 is 12.6 Å². The number of fused-ring (bicyclic) bond motifs is 1. The summed E-state index contributed by atoms with van der Waals surface area (Å²) in [5, 5.41) is 0.555. The van der Waals surface area contributed by atoms with Gasteiger partial charge in [0.05, 0.1) is 17.4 Å². The first-order chi connectivity index (χ1) is 10.7. The molecule has 0 N–H and O–H groups in total. The second kappa shape index (κ2) is 6.23. The van der Waals surface area contributed by atoms with Crippen LogP contribution in [-0.4, -0.2) is 14.9 Å². The van der Waals surface area contributed by atoms with E-state index in [4.69, 9.17) is 0 Å². The molecule has 112 valence electrons. The Morgan fingerprint density at radius 2 is 1.55 bits per heavy atom. The smallest absolute Gasteiger partial charge is 0.292 e. The third kappa shape index (κ3) is 2.60. The van der Waals surface area contributed by atoms with Gasteiger partial charge in [0.25, 0.3) is 5.56 Å². The van der Waals surface area contributed by atoms with Gasteiger partial charge in [-0.15, -0.1) is 0 Å². The van der Waals surface area contributed by atoms with Gasteiger partial charge in [0.2, 0.25) is 0 Å². The maximum atomic E-state index is 12.7. The van der Waals surface area contributed by atoms with Crippen LogP contribution in [0.25, 0.3) is 10.9 Å². The fourth-order valence-corrected chi connectivity index (χ4v) is 2.79. The molecule has 4 nitrogen and oxygen atoms in total. The molecule has 0 atom stereocenters. The predicted molar refractivity (Wildman–Crippen MR) is 91.9 cm³/mol. The minimum absolute atomic E-state index is 0.250. The quantitative estimate of drug-likeness (QED) is 0.750. The van der Waals surface area contributed by atoms with Gasteiger partial charge in [-0.25, -0.2) is 4.79 Å². The molecule has 0 bridgehead atoms. The van der Waals surface area contributed by atoms with Crippen LogP contribution < -0.4 is 11.2 Å². The monoisotopic (exact) mass is 312 g/mol. The molecule has 0 unspecified atom stereocenters. The van der Waals surface area contributed by atoms with Crippen LogP contribution in [-0.2, 0) is 13.1 Å². The third-order valence-electron chi connectivity index (χ3n) is 3.64. The molecule has 0 saturated heterocycles. The van der Waals surface area contributed by atoms with Crippen molar-refractivity contribution in [1.82, 2.24) is 9.13 Å². The molecule has 0 fully saturated rings. The zero-order valence-electron chi connectivity index (χ0n) is 12.0. The van der Waals surface area contributed by atoms with Crippen LogP contribution in [0.3, 0.4) is 0 Å². The van der Waals surface area contributed by atoms with E-state index in [0.717, 1.165) is 5.56 Å². The average Bonchev–Trinajstić information content (AvgIpc) is 2.56. The molecule has 0 aliphatic heterocycles. The summed E-state index contributed by atoms with van der Waals surface area (Å²) in [5.41, 5.74) is 1.05. The molecule has 1 heterocycles. The molecule has 0 aliphatic rings. The van der Waals surface area contributed by atoms with E-state index in [9.17, 15) is 9.59 Å². The summed E-state index contributed by atoms with van der Waals surface area (Å²) >= 11 is 4.22. The lowest BCUT2D eigenvalue weighted by Gasteiger charge is -2.13. The van der Waals surface area contributed by atoms with Gasteiger partial charge in [0.15, 0.2) is 0 Å². The van der Waals surface area contributed by atoms with Crippen molar-refractivity contribution in [1.29, 1.82) is 0 Å². The average molecular weight is 312 g/mol. The molecule has 3 rings (SSSR count). The van der Waals surface area contributed by atoms with Crippen molar-refractivity contribution in [3.63, 3.8) is 0 Å². The zero-order valence-corrected chi connectivity index (χ0v) is 12.9. The largest absolute Gasteiger partial charge is 0.331 e. The van der Waals surface area contributed by atoms with E-state index in [-0.39, 0.29) is 17.8 Å². The summed E-state index contributed by atoms with van der Waals surface area (Å²) in [6.07, 6.45) is 0. The standard InChI is InChI=1S/C17H16N2O2S/c20-16-14-8-4-5-9-15(14)18(10-11-22)17(21)19(16)12-13-6-2-1-3-7-13/h1-9,22H,10-12H2. The van der Waals surface area contributed by atoms with Gasteiger partial charge in [0.1, 0.15) is 0 Å². The molecule has 22 heavy (non-hydrogen) atoms. The lowest BCUT2D eigenvalue weighted by atomic mass is 10.2. The van der Waals surface area contributed by atoms with Crippen molar-refractivity contribution >= 4 is 23.5 Å². The molecule has 1 aromatic heterocycles. The minimum atomic E-state index is -0.290. The van der Waals surface area contributed by atoms with E-state index < -0.39 is 0 Å². The third-order valence-corrected chi connectivity index (χ3v) is 3.84. The minimum Gasteiger partial charge on any atom is -0.292 e. The highest BCUT2D eigenvalue weighted by Crippen LogP contribution is 2.08. The number of thiol groups is 1. The molecule has 0 saturated carbocycles. The second-order valence-corrected chi connectivity index (χ2v) is 5.50. The number of benzene rings is 2. The fourth-order valence-electron chi connectivity index (χ4n) is 2.59. The summed E-state index contributed by atoms with van der Waals surface area (Å²) in [5.74, 6) is 0.535. The number of aromatic nitrogens is 2. The first-order valence-electron chi connectivity index (χ1n) is 7.09. The maximum Gasteiger partial charge on any atom is 0.331 e. The SMILES string of the molecule is O=c1c2ccccc2n(CCS)c(=O)n1Cc1ccccc1. The molecule has 0 spiro atoms. The number of hydrogen-bond acceptors (Lipinski definition) is 3. The lowest BCUT2D eigenvalue weighted by Crippen LogP contribution is -2.40. The Bertz CT molecular complexity index is 913. The van der Waals surface area contributed by atoms with Gasteiger partial charge >= 0.3 is 5.69 Å². The highest BCUT2D eigenvalue weighted by molar-refractivity contribution is 7.80. The summed E-state index contributed by atoms with van der Waals surface area (Å²) in [6.45, 7) is 0.743. The number of hydrogen-bond donors (Lipinski definition) is 1. The predicted octanol–water partition coefficient (Wildman–Crippen LogP) is 2.14. The summed E-state index contributed by atoms with van der Waals surface area (Å²) in [4.78, 5) is 25.3. The van der Waals surface area contributed by atoms with Crippen LogP contribution in [0.2, 0.25) is 0 Å². The van der Waals surface area contributed by atoms with E-state index in [2.05, 4.69) is 12.6 Å². The van der Waals surface area contributed by atoms with Gasteiger partial charge in [-0.2, -0.15) is 12.6 Å². The maximum absolute atomic E-state index is 12.7. The van der Waals surface area contributed by atoms with E-state index in [0.29, 0.717) is 23.2 Å². The van der Waals surface area contributed by atoms with Crippen LogP contribution in [0.5, 0.6) is 0 Å². The number of rotatable bonds is 4. The van der Waals surface area contributed by atoms with Crippen LogP contribution in [0.4, 0.5) is 0 Å². The summed E-state index contributed by atoms with van der Waals surface area (Å²) in [6, 6.07) is 16.7. The first kappa shape index (κ1) is 14.7. The van der Waals surface area contributed by atoms with Crippen LogP contribution in [0.1, 0.15) is 5.56 Å². The number of nitrogens with zero attached hydrogens (tertiary/aromatic N) is 2. The van der Waals surface area contributed by atoms with Crippen molar-refractivity contribution in [3.05, 3.63) is 81.0 Å². The van der Waals surface area contributed by atoms with Crippen molar-refractivity contribution in [2.75, 3.05) is 5.75 Å². The Balaban J connectivity index is 2.26. The van der Waals surface area contributed by atoms with Crippen molar-refractivity contribution < 1.29 is 0 Å². The zero-order chi connectivity index (χ0) is 15.5. The van der Waals surface area contributed by atoms with Crippen molar-refractivity contribution in [2.24, 2.45) is 0 Å². The highest BCUT2D eigenvalue weighted by atomic mass is 32.1. The molecular weight excluding hydrogens is 296 g/mol. The van der Waals surface area contributed by atoms with Gasteiger partial charge in [-0.3, -0.25) is 13.9 Å². The Labute approximate surface area is 133 Å². The summed E-state index contributed by atoms with van der Waals surface area (Å²) < 4.78 is 2.91. The van der Waals surface area contributed by atoms with Crippen LogP contribution in [0.15, 0.2) is 64.2 Å². The topological polar surface area (TPSA) is 44.0 Å². The number of aryl methyl sites for hydroxylation is 1. The molecule has 0 aliphatic carbocycles. The Kier molecular flexibility index (Phi) is 4.15. The summed E-state index contributed by atoms with van der Waals surface area (Å²) in [7, 11) is 0. The van der Waals surface area contributed by atoms with Crippen molar-refractivity contribution in [3.8, 4) is 0 Å². The fraction of sp³-hybridized carbons (Fsp3) is 0.176. The van der Waals surface area contributed by atoms with Gasteiger partial charge < -0.3 is 0 Å². The lowest BCUT2D eigenvalue weighted by molar-refractivity contribution is 0.627. The van der Waals surface area contributed by atoms with E-state index >= 15 is 0 Å². The highest BCUT2D eigenvalue weighted by Gasteiger charge is 2.12. The molecule has 0 radical (unpaired) electrons. The Morgan fingerprint density at radius 1 is 0.864 bits per heavy atom. The van der Waals surface area contributed by atoms with E-state index in [1.54, 1.807) is 16.7 Å². The molecule has 3 aromatic rings. The van der Waals surface area contributed by atoms with Gasteiger partial charge in [-0.1, -0.05) is 42.5 Å². The van der Waals surface area contributed by atoms with E-state index in [1.807, 2.05) is 42.5 Å². The van der Waals surface area contributed by atoms with Gasteiger partial charge in [-0.05, 0) is 17.7 Å². The first-order valence-corrected chi connectivity index (χ1v) is 7.73.